The fourth-order valence-electron chi connectivity index (χ4n) is 11.6. The average molecular weight is 1190 g/mol. The van der Waals surface area contributed by atoms with Crippen molar-refractivity contribution in [2.24, 2.45) is 0 Å². The molecular weight excluding hydrogens is 1130 g/mol. The maximum absolute atomic E-state index is 12.7. The molecule has 0 atom stereocenters. The van der Waals surface area contributed by atoms with Gasteiger partial charge in [-0.15, -0.1) is 59.5 Å². The minimum absolute atomic E-state index is 0. The van der Waals surface area contributed by atoms with Crippen LogP contribution in [-0.2, 0) is 36.4 Å². The summed E-state index contributed by atoms with van der Waals surface area (Å²) < 4.78 is 17.7. The summed E-state index contributed by atoms with van der Waals surface area (Å²) in [6.45, 7) is 25.3. The molecule has 0 unspecified atom stereocenters. The number of imidazole rings is 1. The van der Waals surface area contributed by atoms with E-state index in [0.717, 1.165) is 44.4 Å². The molecule has 0 aliphatic carbocycles. The van der Waals surface area contributed by atoms with Crippen molar-refractivity contribution < 1.29 is 24.5 Å². The Kier molecular flexibility index (Phi) is 11.8. The monoisotopic (exact) mass is 1190 g/mol. The van der Waals surface area contributed by atoms with Gasteiger partial charge in [0.05, 0.1) is 22.2 Å². The number of rotatable bonds is 2. The van der Waals surface area contributed by atoms with Crippen molar-refractivity contribution in [2.75, 3.05) is 0 Å². The summed E-state index contributed by atoms with van der Waals surface area (Å²) in [6.07, 6.45) is 1.82. The normalized spacial score (nSPS) is 13.1. The van der Waals surface area contributed by atoms with Crippen LogP contribution in [0.25, 0.3) is 88.2 Å². The summed E-state index contributed by atoms with van der Waals surface area (Å²) in [4.78, 5) is 12.1. The number of halogens is 1. The van der Waals surface area contributed by atoms with Gasteiger partial charge < -0.3 is 14.0 Å². The summed E-state index contributed by atoms with van der Waals surface area (Å²) in [5.41, 5.74) is 23.0. The van der Waals surface area contributed by atoms with Gasteiger partial charge in [0.15, 0.2) is 0 Å². The van der Waals surface area contributed by atoms with Gasteiger partial charge in [0.25, 0.3) is 0 Å². The maximum atomic E-state index is 12.7. The van der Waals surface area contributed by atoms with Gasteiger partial charge in [-0.05, 0) is 140 Å². The third-order valence-electron chi connectivity index (χ3n) is 15.9. The third-order valence-corrected chi connectivity index (χ3v) is 17.1. The van der Waals surface area contributed by atoms with E-state index in [2.05, 4.69) is 204 Å². The van der Waals surface area contributed by atoms with Crippen molar-refractivity contribution in [3.63, 3.8) is 0 Å². The first-order valence-corrected chi connectivity index (χ1v) is 27.0. The Morgan fingerprint density at radius 1 is 0.579 bits per heavy atom. The minimum Gasteiger partial charge on any atom is -0.333 e. The summed E-state index contributed by atoms with van der Waals surface area (Å²) >= 11 is 1.94. The van der Waals surface area contributed by atoms with Crippen molar-refractivity contribution in [1.82, 2.24) is 18.9 Å². The fourth-order valence-corrected chi connectivity index (χ4v) is 12.7. The van der Waals surface area contributed by atoms with Gasteiger partial charge >= 0.3 is 0 Å². The van der Waals surface area contributed by atoms with Crippen LogP contribution >= 0.6 is 11.8 Å². The molecule has 2 aliphatic rings. The summed E-state index contributed by atoms with van der Waals surface area (Å²) in [5.74, 6) is -0.275. The Morgan fingerprint density at radius 2 is 1.32 bits per heavy atom. The van der Waals surface area contributed by atoms with E-state index >= 15 is 0 Å². The van der Waals surface area contributed by atoms with Gasteiger partial charge in [0, 0.05) is 69.4 Å². The number of aryl methyl sites for hydroxylation is 2. The molecule has 76 heavy (non-hydrogen) atoms. The van der Waals surface area contributed by atoms with Crippen molar-refractivity contribution in [3.8, 4) is 28.1 Å². The minimum atomic E-state index is -0.275. The predicted octanol–water partition coefficient (Wildman–Crippen LogP) is 15.8. The first kappa shape index (κ1) is 50.0. The molecule has 0 saturated heterocycles. The van der Waals surface area contributed by atoms with Crippen LogP contribution in [-0.4, -0.2) is 25.6 Å². The molecule has 1 radical (unpaired) electrons. The number of benzene rings is 8. The first-order chi connectivity index (χ1) is 35.8. The Balaban J connectivity index is 0.000000315. The van der Waals surface area contributed by atoms with Gasteiger partial charge in [-0.2, -0.15) is 0 Å². The zero-order valence-corrected chi connectivity index (χ0v) is 48.1. The number of fused-ring (bicyclic) bond motifs is 15. The molecule has 0 saturated carbocycles. The van der Waals surface area contributed by atoms with E-state index in [1.807, 2.05) is 43.9 Å². The number of para-hydroxylation sites is 2. The van der Waals surface area contributed by atoms with E-state index in [1.165, 1.54) is 110 Å². The number of pyridine rings is 2. The number of nitrogens with zero attached hydrogens (tertiary/aromatic N) is 4. The molecule has 8 aromatic carbocycles. The summed E-state index contributed by atoms with van der Waals surface area (Å²) in [5, 5.41) is 6.12. The molecular formula is C68H58BFIrN4S-2. The molecule has 4 nitrogen and oxygen atoms in total. The van der Waals surface area contributed by atoms with Crippen LogP contribution in [0.15, 0.2) is 162 Å². The standard InChI is InChI=1S/C55H47BN3S.C13H11FN.Ir/c1-53(2,3)33-19-22-44-39(27-33)40-28-35(55(7,8)9)30-42-51(40)58(44)47-25-32(26-49-50(47)56(42)41-29-34(54(4,5)6)20-23-48(41)60-49)31-18-21-37-36-14-10-11-15-38(36)52-57-43-16-12-13-17-45(43)59(52)46(37)24-31;1-9-7-13(15-8-10(9)2)11-3-5-12(14)6-4-11;/h10-14,16-30H,1-9H3;3,5-8H,1-2H3;/q2*-1;. The maximum Gasteiger partial charge on any atom is 0.249 e. The van der Waals surface area contributed by atoms with Crippen LogP contribution in [0.2, 0.25) is 0 Å². The smallest absolute Gasteiger partial charge is 0.249 e. The van der Waals surface area contributed by atoms with E-state index in [1.54, 1.807) is 6.07 Å². The van der Waals surface area contributed by atoms with Crippen LogP contribution in [0.5, 0.6) is 0 Å². The predicted molar refractivity (Wildman–Crippen MR) is 316 cm³/mol. The Labute approximate surface area is 463 Å². The van der Waals surface area contributed by atoms with E-state index in [-0.39, 0.29) is 48.9 Å². The molecule has 0 amide bonds. The largest absolute Gasteiger partial charge is 0.333 e. The van der Waals surface area contributed by atoms with Gasteiger partial charge in [0.2, 0.25) is 6.71 Å². The van der Waals surface area contributed by atoms with Crippen LogP contribution in [0.1, 0.15) is 90.1 Å². The van der Waals surface area contributed by atoms with Crippen LogP contribution in [0, 0.1) is 31.8 Å². The topological polar surface area (TPSA) is 35.1 Å². The molecule has 2 aliphatic heterocycles. The molecule has 0 N–H and O–H groups in total. The molecule has 4 aromatic heterocycles. The Hall–Kier alpha value is -6.83. The molecule has 6 heterocycles. The zero-order valence-electron chi connectivity index (χ0n) is 44.9. The van der Waals surface area contributed by atoms with E-state index in [0.29, 0.717) is 0 Å². The van der Waals surface area contributed by atoms with Crippen LogP contribution in [0.3, 0.4) is 0 Å². The molecule has 8 heteroatoms. The number of aromatic nitrogens is 4. The third kappa shape index (κ3) is 8.05. The second-order valence-corrected chi connectivity index (χ2v) is 25.1. The number of hydrogen-bond donors (Lipinski definition) is 0. The molecule has 0 bridgehead atoms. The van der Waals surface area contributed by atoms with Gasteiger partial charge in [-0.1, -0.05) is 145 Å². The van der Waals surface area contributed by atoms with Crippen molar-refractivity contribution >= 4 is 95.0 Å². The molecule has 14 rings (SSSR count). The van der Waals surface area contributed by atoms with E-state index in [9.17, 15) is 4.39 Å². The van der Waals surface area contributed by atoms with Gasteiger partial charge in [0.1, 0.15) is 0 Å². The zero-order chi connectivity index (χ0) is 52.0. The molecule has 12 aromatic rings. The summed E-state index contributed by atoms with van der Waals surface area (Å²) in [6, 6.07) is 59.3. The second kappa shape index (κ2) is 17.9. The quantitative estimate of drug-likeness (QED) is 0.0983. The SMILES string of the molecule is CC(C)(C)c1ccc2c(c1)B1c3c(cc(-c4ccc5c6ccc[c-]c6c6nc7ccccc7n6c5c4)cc3-n3c4ccc(C(C)(C)C)cc4c4cc(C(C)(C)C)cc1c43)S2.Cc1cnc(-c2[c-]cc(F)cc2)cc1C.[Ir]. The fraction of sp³-hybridized carbons (Fsp3) is 0.206. The van der Waals surface area contributed by atoms with E-state index in [4.69, 9.17) is 4.98 Å². The van der Waals surface area contributed by atoms with Crippen molar-refractivity contribution in [2.45, 2.75) is 102 Å². The molecule has 377 valence electrons. The summed E-state index contributed by atoms with van der Waals surface area (Å²) in [7, 11) is 0. The average Bonchev–Trinajstić information content (AvgIpc) is 3.99. The molecule has 0 spiro atoms. The second-order valence-electron chi connectivity index (χ2n) is 24.0. The van der Waals surface area contributed by atoms with Crippen molar-refractivity contribution in [1.29, 1.82) is 0 Å². The van der Waals surface area contributed by atoms with Gasteiger partial charge in [-0.25, -0.2) is 0 Å². The Bertz CT molecular complexity index is 4380. The Morgan fingerprint density at radius 3 is 2.07 bits per heavy atom. The van der Waals surface area contributed by atoms with E-state index < -0.39 is 0 Å². The van der Waals surface area contributed by atoms with Crippen LogP contribution in [0.4, 0.5) is 4.39 Å². The van der Waals surface area contributed by atoms with Crippen LogP contribution < -0.4 is 16.4 Å². The van der Waals surface area contributed by atoms with Crippen molar-refractivity contribution in [3.05, 3.63) is 198 Å². The molecule has 0 fully saturated rings. The number of hydrogen-bond acceptors (Lipinski definition) is 3. The first-order valence-electron chi connectivity index (χ1n) is 26.2. The van der Waals surface area contributed by atoms with Gasteiger partial charge in [-0.3, -0.25) is 9.37 Å².